The van der Waals surface area contributed by atoms with Gasteiger partial charge in [-0.05, 0) is 46.2 Å². The monoisotopic (exact) mass is 305 g/mol. The van der Waals surface area contributed by atoms with Crippen molar-refractivity contribution in [2.45, 2.75) is 65.1 Å². The Morgan fingerprint density at radius 2 is 2.05 bits per heavy atom. The van der Waals surface area contributed by atoms with Crippen LogP contribution in [0.15, 0.2) is 12.1 Å². The molecule has 0 bridgehead atoms. The van der Waals surface area contributed by atoms with Gasteiger partial charge in [0.2, 0.25) is 0 Å². The Morgan fingerprint density at radius 3 is 2.64 bits per heavy atom. The Morgan fingerprint density at radius 1 is 1.36 bits per heavy atom. The molecule has 1 aliphatic rings. The lowest BCUT2D eigenvalue weighted by Gasteiger charge is -2.29. The molecule has 2 unspecified atom stereocenters. The molecule has 2 atom stereocenters. The van der Waals surface area contributed by atoms with Gasteiger partial charge in [0.25, 0.3) is 0 Å². The van der Waals surface area contributed by atoms with Crippen molar-refractivity contribution in [2.24, 2.45) is 0 Å². The van der Waals surface area contributed by atoms with Crippen molar-refractivity contribution < 1.29 is 19.1 Å². The quantitative estimate of drug-likeness (QED) is 0.803. The molecule has 1 aromatic heterocycles. The number of rotatable bonds is 3. The third-order valence-electron chi connectivity index (χ3n) is 3.60. The molecule has 0 amide bonds. The van der Waals surface area contributed by atoms with Crippen LogP contribution in [0.4, 0.5) is 0 Å². The minimum absolute atomic E-state index is 0.0614. The van der Waals surface area contributed by atoms with E-state index in [4.69, 9.17) is 9.47 Å². The second kappa shape index (κ2) is 6.07. The maximum absolute atomic E-state index is 11.9. The molecular weight excluding hydrogens is 282 g/mol. The zero-order chi connectivity index (χ0) is 16.5. The van der Waals surface area contributed by atoms with Crippen molar-refractivity contribution in [3.05, 3.63) is 29.1 Å². The molecule has 120 valence electrons. The molecule has 5 nitrogen and oxygen atoms in total. The molecule has 0 saturated carbocycles. The third-order valence-corrected chi connectivity index (χ3v) is 3.60. The third kappa shape index (κ3) is 3.64. The fourth-order valence-corrected chi connectivity index (χ4v) is 2.66. The van der Waals surface area contributed by atoms with Crippen LogP contribution in [0, 0.1) is 0 Å². The van der Waals surface area contributed by atoms with Crippen molar-refractivity contribution >= 4 is 11.9 Å². The molecular formula is C17H23NO4. The van der Waals surface area contributed by atoms with Gasteiger partial charge in [-0.25, -0.2) is 4.79 Å². The largest absolute Gasteiger partial charge is 0.460 e. The first-order chi connectivity index (χ1) is 10.2. The van der Waals surface area contributed by atoms with Crippen molar-refractivity contribution in [3.63, 3.8) is 0 Å². The summed E-state index contributed by atoms with van der Waals surface area (Å²) < 4.78 is 10.6. The van der Waals surface area contributed by atoms with Gasteiger partial charge in [0, 0.05) is 5.92 Å². The van der Waals surface area contributed by atoms with E-state index in [0.717, 1.165) is 12.1 Å². The lowest BCUT2D eigenvalue weighted by atomic mass is 9.90. The highest BCUT2D eigenvalue weighted by Crippen LogP contribution is 2.32. The number of hydrogen-bond acceptors (Lipinski definition) is 5. The molecule has 0 N–H and O–H groups in total. The zero-order valence-electron chi connectivity index (χ0n) is 13.8. The maximum atomic E-state index is 11.9. The van der Waals surface area contributed by atoms with Crippen molar-refractivity contribution in [2.75, 3.05) is 0 Å². The standard InChI is InChI=1S/C17H23NO4/c1-6-12-10(2)21-16(20)13-8-7-11(18-15(12)13)9-14(19)22-17(3,4)5/h7-8,10,12H,6,9H2,1-5H3. The summed E-state index contributed by atoms with van der Waals surface area (Å²) in [6, 6.07) is 3.38. The lowest BCUT2D eigenvalue weighted by molar-refractivity contribution is -0.154. The summed E-state index contributed by atoms with van der Waals surface area (Å²) in [6.45, 7) is 9.39. The molecule has 0 spiro atoms. The van der Waals surface area contributed by atoms with E-state index in [1.165, 1.54) is 0 Å². The van der Waals surface area contributed by atoms with E-state index in [1.54, 1.807) is 12.1 Å². The van der Waals surface area contributed by atoms with Crippen LogP contribution in [0.5, 0.6) is 0 Å². The van der Waals surface area contributed by atoms with E-state index >= 15 is 0 Å². The number of ether oxygens (including phenoxy) is 2. The highest BCUT2D eigenvalue weighted by Gasteiger charge is 2.33. The zero-order valence-corrected chi connectivity index (χ0v) is 13.8. The minimum atomic E-state index is -0.518. The van der Waals surface area contributed by atoms with E-state index < -0.39 is 5.60 Å². The molecule has 2 heterocycles. The summed E-state index contributed by atoms with van der Waals surface area (Å²) in [5.41, 5.74) is 1.33. The van der Waals surface area contributed by atoms with Gasteiger partial charge in [0.1, 0.15) is 11.7 Å². The summed E-state index contributed by atoms with van der Waals surface area (Å²) >= 11 is 0. The number of aromatic nitrogens is 1. The van der Waals surface area contributed by atoms with Crippen molar-refractivity contribution in [3.8, 4) is 0 Å². The van der Waals surface area contributed by atoms with E-state index in [9.17, 15) is 9.59 Å². The molecule has 5 heteroatoms. The average molecular weight is 305 g/mol. The van der Waals surface area contributed by atoms with E-state index in [2.05, 4.69) is 4.98 Å². The Kier molecular flexibility index (Phi) is 4.54. The van der Waals surface area contributed by atoms with Crippen LogP contribution in [0.2, 0.25) is 0 Å². The second-order valence-electron chi connectivity index (χ2n) is 6.62. The summed E-state index contributed by atoms with van der Waals surface area (Å²) in [4.78, 5) is 28.4. The second-order valence-corrected chi connectivity index (χ2v) is 6.62. The van der Waals surface area contributed by atoms with E-state index in [1.807, 2.05) is 34.6 Å². The number of carbonyl (C=O) groups is 2. The molecule has 2 rings (SSSR count). The van der Waals surface area contributed by atoms with Crippen LogP contribution >= 0.6 is 0 Å². The predicted octanol–water partition coefficient (Wildman–Crippen LogP) is 3.02. The van der Waals surface area contributed by atoms with Gasteiger partial charge in [0.05, 0.1) is 23.4 Å². The van der Waals surface area contributed by atoms with E-state index in [0.29, 0.717) is 11.3 Å². The maximum Gasteiger partial charge on any atom is 0.340 e. The minimum Gasteiger partial charge on any atom is -0.460 e. The summed E-state index contributed by atoms with van der Waals surface area (Å²) in [6.07, 6.45) is 0.726. The molecule has 0 aromatic carbocycles. The van der Waals surface area contributed by atoms with Gasteiger partial charge >= 0.3 is 11.9 Å². The van der Waals surface area contributed by atoms with Gasteiger partial charge in [-0.1, -0.05) is 6.92 Å². The van der Waals surface area contributed by atoms with Crippen LogP contribution in [0.1, 0.15) is 68.7 Å². The van der Waals surface area contributed by atoms with Gasteiger partial charge in [-0.15, -0.1) is 0 Å². The van der Waals surface area contributed by atoms with Crippen LogP contribution < -0.4 is 0 Å². The fourth-order valence-electron chi connectivity index (χ4n) is 2.66. The topological polar surface area (TPSA) is 65.5 Å². The number of carbonyl (C=O) groups excluding carboxylic acids is 2. The highest BCUT2D eigenvalue weighted by atomic mass is 16.6. The van der Waals surface area contributed by atoms with Crippen molar-refractivity contribution in [1.82, 2.24) is 4.98 Å². The molecule has 0 saturated heterocycles. The smallest absolute Gasteiger partial charge is 0.340 e. The van der Waals surface area contributed by atoms with Crippen LogP contribution in [0.3, 0.4) is 0 Å². The molecule has 0 aliphatic carbocycles. The molecule has 1 aromatic rings. The number of pyridine rings is 1. The summed E-state index contributed by atoms with van der Waals surface area (Å²) in [7, 11) is 0. The molecule has 0 radical (unpaired) electrons. The molecule has 0 fully saturated rings. The first-order valence-electron chi connectivity index (χ1n) is 7.64. The lowest BCUT2D eigenvalue weighted by Crippen LogP contribution is -2.31. The van der Waals surface area contributed by atoms with E-state index in [-0.39, 0.29) is 30.4 Å². The number of hydrogen-bond donors (Lipinski definition) is 0. The van der Waals surface area contributed by atoms with Gasteiger partial charge in [0.15, 0.2) is 0 Å². The van der Waals surface area contributed by atoms with Crippen LogP contribution in [-0.4, -0.2) is 28.6 Å². The first-order valence-corrected chi connectivity index (χ1v) is 7.64. The highest BCUT2D eigenvalue weighted by molar-refractivity contribution is 5.92. The first kappa shape index (κ1) is 16.5. The molecule has 1 aliphatic heterocycles. The number of nitrogens with zero attached hydrogens (tertiary/aromatic N) is 1. The average Bonchev–Trinajstić information content (AvgIpc) is 2.36. The Labute approximate surface area is 131 Å². The SMILES string of the molecule is CCC1c2nc(CC(=O)OC(C)(C)C)ccc2C(=O)OC1C. The van der Waals surface area contributed by atoms with Gasteiger partial charge in [-0.3, -0.25) is 9.78 Å². The predicted molar refractivity (Wildman–Crippen MR) is 81.7 cm³/mol. The fraction of sp³-hybridized carbons (Fsp3) is 0.588. The number of fused-ring (bicyclic) bond motifs is 1. The van der Waals surface area contributed by atoms with Gasteiger partial charge in [-0.2, -0.15) is 0 Å². The Bertz CT molecular complexity index is 589. The van der Waals surface area contributed by atoms with Crippen molar-refractivity contribution in [1.29, 1.82) is 0 Å². The summed E-state index contributed by atoms with van der Waals surface area (Å²) in [5, 5.41) is 0. The normalized spacial score (nSPS) is 21.0. The van der Waals surface area contributed by atoms with Crippen LogP contribution in [0.25, 0.3) is 0 Å². The number of cyclic esters (lactones) is 1. The molecule has 22 heavy (non-hydrogen) atoms. The van der Waals surface area contributed by atoms with Crippen LogP contribution in [-0.2, 0) is 20.7 Å². The summed E-state index contributed by atoms with van der Waals surface area (Å²) in [5.74, 6) is -0.603. The number of esters is 2. The Balaban J connectivity index is 2.25. The Hall–Kier alpha value is -1.91. The van der Waals surface area contributed by atoms with Gasteiger partial charge < -0.3 is 9.47 Å².